The average Bonchev–Trinajstić information content (AvgIpc) is 2.76. The van der Waals surface area contributed by atoms with E-state index in [1.54, 1.807) is 43.0 Å². The van der Waals surface area contributed by atoms with Crippen molar-refractivity contribution in [1.82, 2.24) is 9.78 Å². The van der Waals surface area contributed by atoms with Crippen molar-refractivity contribution in [2.45, 2.75) is 18.2 Å². The standard InChI is InChI=1S/C13H17N3O2S/c1-10-12(14)4-3-5-13(10)19(17,18)7-6-11-8-15-16(2)9-11/h3-5,8-9H,6-7,14H2,1-2H3. The van der Waals surface area contributed by atoms with Gasteiger partial charge in [0.05, 0.1) is 16.8 Å². The van der Waals surface area contributed by atoms with Gasteiger partial charge in [0.2, 0.25) is 0 Å². The zero-order valence-electron chi connectivity index (χ0n) is 11.0. The number of benzene rings is 1. The van der Waals surface area contributed by atoms with Gasteiger partial charge >= 0.3 is 0 Å². The zero-order valence-corrected chi connectivity index (χ0v) is 11.8. The van der Waals surface area contributed by atoms with E-state index in [0.29, 0.717) is 22.6 Å². The lowest BCUT2D eigenvalue weighted by molar-refractivity contribution is 0.594. The molecule has 1 aromatic heterocycles. The number of nitrogens with zero attached hydrogens (tertiary/aromatic N) is 2. The van der Waals surface area contributed by atoms with Gasteiger partial charge in [-0.1, -0.05) is 6.07 Å². The minimum absolute atomic E-state index is 0.0585. The van der Waals surface area contributed by atoms with Crippen LogP contribution in [-0.4, -0.2) is 24.0 Å². The number of hydrogen-bond donors (Lipinski definition) is 1. The van der Waals surface area contributed by atoms with E-state index in [1.807, 2.05) is 6.20 Å². The van der Waals surface area contributed by atoms with Crippen LogP contribution in [0.25, 0.3) is 0 Å². The summed E-state index contributed by atoms with van der Waals surface area (Å²) in [7, 11) is -1.51. The highest BCUT2D eigenvalue weighted by Gasteiger charge is 2.18. The van der Waals surface area contributed by atoms with Gasteiger partial charge in [0.15, 0.2) is 9.84 Å². The van der Waals surface area contributed by atoms with E-state index in [4.69, 9.17) is 5.73 Å². The van der Waals surface area contributed by atoms with Crippen molar-refractivity contribution < 1.29 is 8.42 Å². The SMILES string of the molecule is Cc1c(N)cccc1S(=O)(=O)CCc1cnn(C)c1. The molecule has 102 valence electrons. The summed E-state index contributed by atoms with van der Waals surface area (Å²) < 4.78 is 26.3. The molecule has 0 saturated heterocycles. The van der Waals surface area contributed by atoms with Crippen LogP contribution in [0.4, 0.5) is 5.69 Å². The van der Waals surface area contributed by atoms with Gasteiger partial charge in [-0.05, 0) is 36.6 Å². The molecule has 1 aromatic carbocycles. The zero-order chi connectivity index (χ0) is 14.0. The maximum Gasteiger partial charge on any atom is 0.179 e. The fraction of sp³-hybridized carbons (Fsp3) is 0.308. The fourth-order valence-electron chi connectivity index (χ4n) is 1.93. The molecule has 6 heteroatoms. The topological polar surface area (TPSA) is 78.0 Å². The van der Waals surface area contributed by atoms with Gasteiger partial charge in [-0.25, -0.2) is 8.42 Å². The molecule has 0 atom stereocenters. The van der Waals surface area contributed by atoms with Gasteiger partial charge in [0, 0.05) is 18.9 Å². The van der Waals surface area contributed by atoms with E-state index in [-0.39, 0.29) is 5.75 Å². The maximum atomic E-state index is 12.3. The molecule has 0 unspecified atom stereocenters. The van der Waals surface area contributed by atoms with Gasteiger partial charge in [0.25, 0.3) is 0 Å². The van der Waals surface area contributed by atoms with E-state index < -0.39 is 9.84 Å². The minimum atomic E-state index is -3.32. The van der Waals surface area contributed by atoms with Crippen LogP contribution in [0.1, 0.15) is 11.1 Å². The van der Waals surface area contributed by atoms with E-state index in [1.165, 1.54) is 0 Å². The molecule has 0 radical (unpaired) electrons. The predicted molar refractivity (Wildman–Crippen MR) is 74.6 cm³/mol. The first-order valence-corrected chi connectivity index (χ1v) is 7.61. The van der Waals surface area contributed by atoms with Gasteiger partial charge in [-0.3, -0.25) is 4.68 Å². The van der Waals surface area contributed by atoms with Crippen molar-refractivity contribution >= 4 is 15.5 Å². The van der Waals surface area contributed by atoms with E-state index >= 15 is 0 Å². The summed E-state index contributed by atoms with van der Waals surface area (Å²) >= 11 is 0. The molecule has 5 nitrogen and oxygen atoms in total. The Morgan fingerprint density at radius 2 is 2.11 bits per heavy atom. The molecule has 0 aliphatic heterocycles. The second kappa shape index (κ2) is 5.05. The molecule has 0 saturated carbocycles. The van der Waals surface area contributed by atoms with E-state index in [0.717, 1.165) is 5.56 Å². The number of anilines is 1. The smallest absolute Gasteiger partial charge is 0.179 e. The van der Waals surface area contributed by atoms with Gasteiger partial charge < -0.3 is 5.73 Å². The summed E-state index contributed by atoms with van der Waals surface area (Å²) in [6, 6.07) is 4.97. The second-order valence-electron chi connectivity index (χ2n) is 4.56. The third-order valence-electron chi connectivity index (χ3n) is 3.08. The summed E-state index contributed by atoms with van der Waals surface area (Å²) in [6.45, 7) is 1.73. The van der Waals surface area contributed by atoms with Crippen molar-refractivity contribution in [3.63, 3.8) is 0 Å². The lowest BCUT2D eigenvalue weighted by atomic mass is 10.2. The Labute approximate surface area is 113 Å². The third-order valence-corrected chi connectivity index (χ3v) is 4.93. The van der Waals surface area contributed by atoms with Gasteiger partial charge in [-0.15, -0.1) is 0 Å². The molecule has 1 heterocycles. The second-order valence-corrected chi connectivity index (χ2v) is 6.64. The number of nitrogen functional groups attached to an aromatic ring is 1. The predicted octanol–water partition coefficient (Wildman–Crippen LogP) is 1.33. The Kier molecular flexibility index (Phi) is 3.61. The van der Waals surface area contributed by atoms with Gasteiger partial charge in [0.1, 0.15) is 0 Å². The molecule has 0 aliphatic rings. The number of rotatable bonds is 4. The molecule has 2 aromatic rings. The highest BCUT2D eigenvalue weighted by Crippen LogP contribution is 2.22. The summed E-state index contributed by atoms with van der Waals surface area (Å²) in [5.74, 6) is 0.0585. The third kappa shape index (κ3) is 2.96. The first kappa shape index (κ1) is 13.6. The van der Waals surface area contributed by atoms with Gasteiger partial charge in [-0.2, -0.15) is 5.10 Å². The van der Waals surface area contributed by atoms with Crippen molar-refractivity contribution in [1.29, 1.82) is 0 Å². The van der Waals surface area contributed by atoms with Crippen molar-refractivity contribution in [3.05, 3.63) is 41.7 Å². The van der Waals surface area contributed by atoms with Crippen molar-refractivity contribution in [3.8, 4) is 0 Å². The highest BCUT2D eigenvalue weighted by atomic mass is 32.2. The molecular formula is C13H17N3O2S. The molecule has 2 N–H and O–H groups in total. The van der Waals surface area contributed by atoms with Crippen LogP contribution < -0.4 is 5.73 Å². The van der Waals surface area contributed by atoms with Crippen LogP contribution in [0.5, 0.6) is 0 Å². The quantitative estimate of drug-likeness (QED) is 0.856. The lowest BCUT2D eigenvalue weighted by Gasteiger charge is -2.09. The summed E-state index contributed by atoms with van der Waals surface area (Å²) in [5.41, 5.74) is 7.78. The number of nitrogens with two attached hydrogens (primary N) is 1. The Balaban J connectivity index is 2.21. The summed E-state index contributed by atoms with van der Waals surface area (Å²) in [6.07, 6.45) is 3.95. The number of hydrogen-bond acceptors (Lipinski definition) is 4. The van der Waals surface area contributed by atoms with Crippen molar-refractivity contribution in [2.24, 2.45) is 7.05 Å². The van der Waals surface area contributed by atoms with Crippen molar-refractivity contribution in [2.75, 3.05) is 11.5 Å². The maximum absolute atomic E-state index is 12.3. The van der Waals surface area contributed by atoms with Crippen LogP contribution in [-0.2, 0) is 23.3 Å². The molecular weight excluding hydrogens is 262 g/mol. The van der Waals surface area contributed by atoms with E-state index in [2.05, 4.69) is 5.10 Å². The fourth-order valence-corrected chi connectivity index (χ4v) is 3.53. The molecule has 0 aliphatic carbocycles. The molecule has 0 amide bonds. The van der Waals surface area contributed by atoms with Crippen LogP contribution in [0.15, 0.2) is 35.5 Å². The highest BCUT2D eigenvalue weighted by molar-refractivity contribution is 7.91. The van der Waals surface area contributed by atoms with Crippen LogP contribution in [0.2, 0.25) is 0 Å². The van der Waals surface area contributed by atoms with Crippen LogP contribution in [0, 0.1) is 6.92 Å². The normalized spacial score (nSPS) is 11.7. The van der Waals surface area contributed by atoms with Crippen LogP contribution in [0.3, 0.4) is 0 Å². The first-order chi connectivity index (χ1) is 8.90. The lowest BCUT2D eigenvalue weighted by Crippen LogP contribution is -2.11. The number of aromatic nitrogens is 2. The molecule has 0 fully saturated rings. The number of sulfone groups is 1. The average molecular weight is 279 g/mol. The Hall–Kier alpha value is -1.82. The Morgan fingerprint density at radius 3 is 2.74 bits per heavy atom. The Morgan fingerprint density at radius 1 is 1.37 bits per heavy atom. The molecule has 0 spiro atoms. The largest absolute Gasteiger partial charge is 0.398 e. The molecule has 19 heavy (non-hydrogen) atoms. The van der Waals surface area contributed by atoms with E-state index in [9.17, 15) is 8.42 Å². The number of aryl methyl sites for hydroxylation is 2. The molecule has 0 bridgehead atoms. The summed E-state index contributed by atoms with van der Waals surface area (Å²) in [4.78, 5) is 0.316. The van der Waals surface area contributed by atoms with Crippen LogP contribution >= 0.6 is 0 Å². The first-order valence-electron chi connectivity index (χ1n) is 5.95. The monoisotopic (exact) mass is 279 g/mol. The molecule has 2 rings (SSSR count). The minimum Gasteiger partial charge on any atom is -0.398 e. The Bertz CT molecular complexity index is 690. The summed E-state index contributed by atoms with van der Waals surface area (Å²) in [5, 5.41) is 4.02.